The second-order valence-electron chi connectivity index (χ2n) is 5.93. The van der Waals surface area contributed by atoms with Gasteiger partial charge in [0.2, 0.25) is 0 Å². The van der Waals surface area contributed by atoms with E-state index in [1.165, 1.54) is 32.1 Å². The Bertz CT molecular complexity index is 405. The molecular weight excluding hydrogens is 240 g/mol. The first kappa shape index (κ1) is 13.0. The summed E-state index contributed by atoms with van der Waals surface area (Å²) in [5.41, 5.74) is 0. The molecular formula is C13H24N6. The lowest BCUT2D eigenvalue weighted by Crippen LogP contribution is -2.48. The lowest BCUT2D eigenvalue weighted by atomic mass is 9.98. The van der Waals surface area contributed by atoms with Gasteiger partial charge in [0, 0.05) is 18.1 Å². The van der Waals surface area contributed by atoms with Crippen LogP contribution in [-0.2, 0) is 13.6 Å². The van der Waals surface area contributed by atoms with Crippen LogP contribution in [0.4, 0.5) is 0 Å². The minimum Gasteiger partial charge on any atom is -0.311 e. The number of nitrogens with one attached hydrogen (secondary N) is 1. The van der Waals surface area contributed by atoms with Gasteiger partial charge in [0.1, 0.15) is 0 Å². The summed E-state index contributed by atoms with van der Waals surface area (Å²) in [6.07, 6.45) is 6.43. The Morgan fingerprint density at radius 1 is 1.32 bits per heavy atom. The second kappa shape index (κ2) is 5.54. The number of aryl methyl sites for hydroxylation is 1. The van der Waals surface area contributed by atoms with Crippen LogP contribution in [0.3, 0.4) is 0 Å². The summed E-state index contributed by atoms with van der Waals surface area (Å²) in [5, 5.41) is 16.1. The van der Waals surface area contributed by atoms with Crippen molar-refractivity contribution in [2.24, 2.45) is 7.05 Å². The first-order chi connectivity index (χ1) is 9.24. The van der Waals surface area contributed by atoms with Crippen molar-refractivity contribution in [3.63, 3.8) is 0 Å². The molecule has 1 N–H and O–H groups in total. The third-order valence-electron chi connectivity index (χ3n) is 4.37. The van der Waals surface area contributed by atoms with E-state index in [4.69, 9.17) is 0 Å². The van der Waals surface area contributed by atoms with E-state index in [1.54, 1.807) is 4.80 Å². The highest BCUT2D eigenvalue weighted by Crippen LogP contribution is 2.30. The van der Waals surface area contributed by atoms with Gasteiger partial charge < -0.3 is 5.32 Å². The quantitative estimate of drug-likeness (QED) is 0.848. The van der Waals surface area contributed by atoms with Crippen LogP contribution in [0.15, 0.2) is 0 Å². The molecule has 2 aliphatic rings. The third kappa shape index (κ3) is 2.95. The summed E-state index contributed by atoms with van der Waals surface area (Å²) >= 11 is 0. The fraction of sp³-hybridized carbons (Fsp3) is 0.923. The molecule has 0 amide bonds. The SMILES string of the molecule is CCCN(Cc1nnn(C)n1)C1CC2CCC(C1)N2. The molecule has 0 spiro atoms. The Labute approximate surface area is 114 Å². The fourth-order valence-electron chi connectivity index (χ4n) is 3.57. The molecule has 3 heterocycles. The molecule has 2 bridgehead atoms. The largest absolute Gasteiger partial charge is 0.311 e. The maximum Gasteiger partial charge on any atom is 0.188 e. The van der Waals surface area contributed by atoms with Crippen molar-refractivity contribution in [1.82, 2.24) is 30.4 Å². The standard InChI is InChI=1S/C13H24N6/c1-3-6-19(9-13-15-17-18(2)16-13)12-7-10-4-5-11(8-12)14-10/h10-12,14H,3-9H2,1-2H3. The number of aromatic nitrogens is 4. The molecule has 2 aliphatic heterocycles. The van der Waals surface area contributed by atoms with Gasteiger partial charge in [-0.15, -0.1) is 10.2 Å². The van der Waals surface area contributed by atoms with Crippen LogP contribution in [-0.4, -0.2) is 49.8 Å². The van der Waals surface area contributed by atoms with Crippen molar-refractivity contribution >= 4 is 0 Å². The molecule has 2 saturated heterocycles. The first-order valence-electron chi connectivity index (χ1n) is 7.47. The van der Waals surface area contributed by atoms with Crippen LogP contribution in [0.1, 0.15) is 44.9 Å². The van der Waals surface area contributed by atoms with Gasteiger partial charge in [0.25, 0.3) is 0 Å². The van der Waals surface area contributed by atoms with E-state index in [0.717, 1.165) is 31.0 Å². The zero-order chi connectivity index (χ0) is 13.2. The molecule has 19 heavy (non-hydrogen) atoms. The van der Waals surface area contributed by atoms with E-state index in [1.807, 2.05) is 7.05 Å². The number of nitrogens with zero attached hydrogens (tertiary/aromatic N) is 5. The minimum atomic E-state index is 0.683. The van der Waals surface area contributed by atoms with Crippen LogP contribution in [0.2, 0.25) is 0 Å². The van der Waals surface area contributed by atoms with Crippen molar-refractivity contribution < 1.29 is 0 Å². The molecule has 3 rings (SSSR count). The molecule has 0 radical (unpaired) electrons. The van der Waals surface area contributed by atoms with E-state index >= 15 is 0 Å². The predicted octanol–water partition coefficient (Wildman–Crippen LogP) is 0.705. The van der Waals surface area contributed by atoms with Gasteiger partial charge in [-0.05, 0) is 43.9 Å². The molecule has 2 atom stereocenters. The Kier molecular flexibility index (Phi) is 3.79. The van der Waals surface area contributed by atoms with E-state index in [-0.39, 0.29) is 0 Å². The third-order valence-corrected chi connectivity index (χ3v) is 4.37. The summed E-state index contributed by atoms with van der Waals surface area (Å²) in [6.45, 7) is 4.21. The van der Waals surface area contributed by atoms with E-state index in [0.29, 0.717) is 6.04 Å². The van der Waals surface area contributed by atoms with Crippen LogP contribution >= 0.6 is 0 Å². The molecule has 0 saturated carbocycles. The molecule has 6 heteroatoms. The minimum absolute atomic E-state index is 0.683. The molecule has 0 aromatic carbocycles. The maximum absolute atomic E-state index is 4.32. The number of fused-ring (bicyclic) bond motifs is 2. The predicted molar refractivity (Wildman–Crippen MR) is 72.5 cm³/mol. The van der Waals surface area contributed by atoms with Crippen molar-refractivity contribution in [2.45, 2.75) is 63.7 Å². The second-order valence-corrected chi connectivity index (χ2v) is 5.93. The molecule has 1 aromatic rings. The molecule has 1 aromatic heterocycles. The highest BCUT2D eigenvalue weighted by molar-refractivity contribution is 4.96. The van der Waals surface area contributed by atoms with Gasteiger partial charge in [-0.25, -0.2) is 0 Å². The van der Waals surface area contributed by atoms with Crippen LogP contribution in [0.5, 0.6) is 0 Å². The number of piperidine rings is 1. The van der Waals surface area contributed by atoms with Crippen molar-refractivity contribution in [2.75, 3.05) is 6.54 Å². The van der Waals surface area contributed by atoms with Crippen LogP contribution in [0, 0.1) is 0 Å². The monoisotopic (exact) mass is 264 g/mol. The van der Waals surface area contributed by atoms with Gasteiger partial charge >= 0.3 is 0 Å². The molecule has 0 aliphatic carbocycles. The van der Waals surface area contributed by atoms with E-state index in [2.05, 4.69) is 32.6 Å². The summed E-state index contributed by atoms with van der Waals surface area (Å²) < 4.78 is 0. The molecule has 2 unspecified atom stereocenters. The van der Waals surface area contributed by atoms with Gasteiger partial charge in [0.15, 0.2) is 5.82 Å². The van der Waals surface area contributed by atoms with Crippen LogP contribution < -0.4 is 5.32 Å². The topological polar surface area (TPSA) is 58.9 Å². The smallest absolute Gasteiger partial charge is 0.188 e. The van der Waals surface area contributed by atoms with Crippen molar-refractivity contribution in [3.8, 4) is 0 Å². The highest BCUT2D eigenvalue weighted by atomic mass is 15.6. The molecule has 2 fully saturated rings. The summed E-state index contributed by atoms with van der Waals surface area (Å²) in [7, 11) is 1.82. The Hall–Kier alpha value is -1.01. The summed E-state index contributed by atoms with van der Waals surface area (Å²) in [5.74, 6) is 0.849. The number of hydrogen-bond donors (Lipinski definition) is 1. The average molecular weight is 264 g/mol. The zero-order valence-electron chi connectivity index (χ0n) is 11.9. The highest BCUT2D eigenvalue weighted by Gasteiger charge is 2.36. The number of tetrazole rings is 1. The lowest BCUT2D eigenvalue weighted by molar-refractivity contribution is 0.130. The van der Waals surface area contributed by atoms with Gasteiger partial charge in [-0.2, -0.15) is 4.80 Å². The normalized spacial score (nSPS) is 30.2. The summed E-state index contributed by atoms with van der Waals surface area (Å²) in [6, 6.07) is 2.15. The summed E-state index contributed by atoms with van der Waals surface area (Å²) in [4.78, 5) is 4.11. The van der Waals surface area contributed by atoms with Gasteiger partial charge in [-0.1, -0.05) is 6.92 Å². The Balaban J connectivity index is 1.66. The van der Waals surface area contributed by atoms with Crippen molar-refractivity contribution in [1.29, 1.82) is 0 Å². The lowest BCUT2D eigenvalue weighted by Gasteiger charge is -2.37. The Morgan fingerprint density at radius 3 is 2.63 bits per heavy atom. The maximum atomic E-state index is 4.32. The number of hydrogen-bond acceptors (Lipinski definition) is 5. The van der Waals surface area contributed by atoms with E-state index in [9.17, 15) is 0 Å². The van der Waals surface area contributed by atoms with Crippen molar-refractivity contribution in [3.05, 3.63) is 5.82 Å². The molecule has 6 nitrogen and oxygen atoms in total. The molecule has 106 valence electrons. The van der Waals surface area contributed by atoms with Gasteiger partial charge in [-0.3, -0.25) is 4.90 Å². The van der Waals surface area contributed by atoms with Gasteiger partial charge in [0.05, 0.1) is 13.6 Å². The first-order valence-corrected chi connectivity index (χ1v) is 7.47. The van der Waals surface area contributed by atoms with E-state index < -0.39 is 0 Å². The average Bonchev–Trinajstić information content (AvgIpc) is 2.95. The zero-order valence-corrected chi connectivity index (χ0v) is 11.9. The Morgan fingerprint density at radius 2 is 2.05 bits per heavy atom. The fourth-order valence-corrected chi connectivity index (χ4v) is 3.57. The van der Waals surface area contributed by atoms with Crippen LogP contribution in [0.25, 0.3) is 0 Å². The number of rotatable bonds is 5.